The Labute approximate surface area is 186 Å². The Kier molecular flexibility index (Phi) is 5.68. The Balaban J connectivity index is 1.59. The zero-order chi connectivity index (χ0) is 22.1. The van der Waals surface area contributed by atoms with Crippen molar-refractivity contribution in [1.82, 2.24) is 9.80 Å². The zero-order valence-corrected chi connectivity index (χ0v) is 18.1. The largest absolute Gasteiger partial charge is 0.494 e. The number of hydrogen-bond acceptors (Lipinski definition) is 6. The summed E-state index contributed by atoms with van der Waals surface area (Å²) in [4.78, 5) is 31.0. The molecule has 1 fully saturated rings. The van der Waals surface area contributed by atoms with Gasteiger partial charge in [-0.25, -0.2) is 0 Å². The van der Waals surface area contributed by atoms with E-state index in [9.17, 15) is 9.59 Å². The molecule has 32 heavy (non-hydrogen) atoms. The minimum atomic E-state index is -0.514. The molecule has 0 saturated carbocycles. The predicted octanol–water partition coefficient (Wildman–Crippen LogP) is 3.07. The highest BCUT2D eigenvalue weighted by molar-refractivity contribution is 5.99. The number of morpholine rings is 1. The molecule has 0 unspecified atom stereocenters. The third-order valence-corrected chi connectivity index (χ3v) is 6.12. The Morgan fingerprint density at radius 3 is 2.66 bits per heavy atom. The minimum Gasteiger partial charge on any atom is -0.494 e. The number of ether oxygens (including phenoxy) is 2. The van der Waals surface area contributed by atoms with Gasteiger partial charge in [0.25, 0.3) is 5.91 Å². The predicted molar refractivity (Wildman–Crippen MR) is 120 cm³/mol. The number of rotatable bonds is 6. The maximum atomic E-state index is 13.5. The molecule has 5 rings (SSSR count). The van der Waals surface area contributed by atoms with E-state index in [2.05, 4.69) is 4.90 Å². The van der Waals surface area contributed by atoms with Crippen molar-refractivity contribution in [3.63, 3.8) is 0 Å². The van der Waals surface area contributed by atoms with Gasteiger partial charge < -0.3 is 18.8 Å². The number of amides is 1. The van der Waals surface area contributed by atoms with Crippen LogP contribution in [0.25, 0.3) is 11.0 Å². The number of fused-ring (bicyclic) bond motifs is 2. The average Bonchev–Trinajstić information content (AvgIpc) is 3.11. The molecule has 1 atom stereocenters. The van der Waals surface area contributed by atoms with Gasteiger partial charge in [-0.15, -0.1) is 0 Å². The quantitative estimate of drug-likeness (QED) is 0.594. The lowest BCUT2D eigenvalue weighted by molar-refractivity contribution is 0.0314. The molecule has 2 aliphatic rings. The highest BCUT2D eigenvalue weighted by Crippen LogP contribution is 2.38. The van der Waals surface area contributed by atoms with Crippen molar-refractivity contribution in [1.29, 1.82) is 0 Å². The first-order chi connectivity index (χ1) is 15.7. The molecule has 3 heterocycles. The van der Waals surface area contributed by atoms with Gasteiger partial charge in [-0.3, -0.25) is 14.5 Å². The standard InChI is InChI=1S/C25H26N2O5/c1-2-31-18-7-5-6-17(16-18)22-21-23(28)19-8-3-4-9-20(19)32-24(21)25(29)27(22)11-10-26-12-14-30-15-13-26/h3-9,16,22H,2,10-15H2,1H3/t22-/m1/s1. The molecule has 166 valence electrons. The second-order valence-corrected chi connectivity index (χ2v) is 8.03. The Morgan fingerprint density at radius 1 is 1.03 bits per heavy atom. The number of benzene rings is 2. The molecular formula is C25H26N2O5. The monoisotopic (exact) mass is 434 g/mol. The second kappa shape index (κ2) is 8.76. The van der Waals surface area contributed by atoms with Gasteiger partial charge in [0, 0.05) is 26.2 Å². The SMILES string of the molecule is CCOc1cccc([C@@H]2c3c(oc4ccccc4c3=O)C(=O)N2CCN2CCOCC2)c1. The lowest BCUT2D eigenvalue weighted by atomic mass is 9.98. The summed E-state index contributed by atoms with van der Waals surface area (Å²) in [6.07, 6.45) is 0. The number of para-hydroxylation sites is 1. The third-order valence-electron chi connectivity index (χ3n) is 6.12. The lowest BCUT2D eigenvalue weighted by Crippen LogP contribution is -2.42. The molecule has 0 radical (unpaired) electrons. The number of carbonyl (C=O) groups is 1. The Morgan fingerprint density at radius 2 is 1.84 bits per heavy atom. The van der Waals surface area contributed by atoms with Crippen LogP contribution in [0.3, 0.4) is 0 Å². The molecule has 3 aromatic rings. The summed E-state index contributed by atoms with van der Waals surface area (Å²) in [6, 6.07) is 14.2. The molecule has 0 aliphatic carbocycles. The van der Waals surface area contributed by atoms with Gasteiger partial charge >= 0.3 is 0 Å². The number of nitrogens with zero attached hydrogens (tertiary/aromatic N) is 2. The molecule has 2 aliphatic heterocycles. The summed E-state index contributed by atoms with van der Waals surface area (Å²) in [7, 11) is 0. The molecule has 0 bridgehead atoms. The maximum Gasteiger partial charge on any atom is 0.290 e. The Bertz CT molecular complexity index is 1200. The van der Waals surface area contributed by atoms with E-state index < -0.39 is 6.04 Å². The van der Waals surface area contributed by atoms with Crippen LogP contribution in [0.4, 0.5) is 0 Å². The molecule has 1 saturated heterocycles. The Hall–Kier alpha value is -3.16. The van der Waals surface area contributed by atoms with Crippen molar-refractivity contribution in [3.8, 4) is 5.75 Å². The van der Waals surface area contributed by atoms with Gasteiger partial charge in [-0.1, -0.05) is 24.3 Å². The maximum absolute atomic E-state index is 13.5. The topological polar surface area (TPSA) is 72.2 Å². The van der Waals surface area contributed by atoms with E-state index in [0.717, 1.165) is 18.7 Å². The van der Waals surface area contributed by atoms with Crippen molar-refractivity contribution >= 4 is 16.9 Å². The summed E-state index contributed by atoms with van der Waals surface area (Å²) in [6.45, 7) is 6.72. The fraction of sp³-hybridized carbons (Fsp3) is 0.360. The zero-order valence-electron chi connectivity index (χ0n) is 18.1. The molecule has 7 nitrogen and oxygen atoms in total. The van der Waals surface area contributed by atoms with E-state index >= 15 is 0 Å². The smallest absolute Gasteiger partial charge is 0.290 e. The first-order valence-electron chi connectivity index (χ1n) is 11.1. The van der Waals surface area contributed by atoms with Crippen LogP contribution in [0.1, 0.15) is 34.6 Å². The van der Waals surface area contributed by atoms with E-state index in [1.165, 1.54) is 0 Å². The summed E-state index contributed by atoms with van der Waals surface area (Å²) in [5.74, 6) is 0.606. The molecule has 1 amide bonds. The van der Waals surface area contributed by atoms with Gasteiger partial charge in [0.1, 0.15) is 11.3 Å². The van der Waals surface area contributed by atoms with Gasteiger partial charge in [-0.05, 0) is 36.8 Å². The molecular weight excluding hydrogens is 408 g/mol. The van der Waals surface area contributed by atoms with Gasteiger partial charge in [-0.2, -0.15) is 0 Å². The van der Waals surface area contributed by atoms with Crippen molar-refractivity contribution in [2.45, 2.75) is 13.0 Å². The molecule has 0 N–H and O–H groups in total. The third kappa shape index (κ3) is 3.67. The first kappa shape index (κ1) is 20.7. The number of carbonyl (C=O) groups excluding carboxylic acids is 1. The van der Waals surface area contributed by atoms with Crippen LogP contribution < -0.4 is 10.2 Å². The highest BCUT2D eigenvalue weighted by Gasteiger charge is 2.42. The summed E-state index contributed by atoms with van der Waals surface area (Å²) >= 11 is 0. The van der Waals surface area contributed by atoms with E-state index in [4.69, 9.17) is 13.9 Å². The lowest BCUT2D eigenvalue weighted by Gasteiger charge is -2.31. The molecule has 1 aromatic heterocycles. The normalized spacial score (nSPS) is 18.8. The van der Waals surface area contributed by atoms with Crippen LogP contribution >= 0.6 is 0 Å². The average molecular weight is 434 g/mol. The molecule has 7 heteroatoms. The van der Waals surface area contributed by atoms with Crippen LogP contribution in [0.2, 0.25) is 0 Å². The summed E-state index contributed by atoms with van der Waals surface area (Å²) in [5, 5.41) is 0.486. The highest BCUT2D eigenvalue weighted by atomic mass is 16.5. The van der Waals surface area contributed by atoms with E-state index in [1.54, 1.807) is 23.1 Å². The fourth-order valence-corrected chi connectivity index (χ4v) is 4.56. The van der Waals surface area contributed by atoms with Crippen LogP contribution in [0, 0.1) is 0 Å². The van der Waals surface area contributed by atoms with E-state index in [0.29, 0.717) is 55.2 Å². The van der Waals surface area contributed by atoms with Crippen molar-refractivity contribution in [3.05, 3.63) is 75.6 Å². The van der Waals surface area contributed by atoms with E-state index in [-0.39, 0.29) is 17.1 Å². The van der Waals surface area contributed by atoms with Crippen LogP contribution in [-0.4, -0.2) is 61.7 Å². The first-order valence-corrected chi connectivity index (χ1v) is 11.1. The van der Waals surface area contributed by atoms with E-state index in [1.807, 2.05) is 37.3 Å². The van der Waals surface area contributed by atoms with Crippen LogP contribution in [-0.2, 0) is 4.74 Å². The van der Waals surface area contributed by atoms with Crippen molar-refractivity contribution in [2.24, 2.45) is 0 Å². The van der Waals surface area contributed by atoms with Gasteiger partial charge in [0.2, 0.25) is 5.76 Å². The van der Waals surface area contributed by atoms with Crippen molar-refractivity contribution < 1.29 is 18.7 Å². The van der Waals surface area contributed by atoms with Crippen LogP contribution in [0.5, 0.6) is 5.75 Å². The molecule has 0 spiro atoms. The summed E-state index contributed by atoms with van der Waals surface area (Å²) in [5.41, 5.74) is 1.52. The van der Waals surface area contributed by atoms with Crippen LogP contribution in [0.15, 0.2) is 57.7 Å². The number of hydrogen-bond donors (Lipinski definition) is 0. The summed E-state index contributed by atoms with van der Waals surface area (Å²) < 4.78 is 17.1. The second-order valence-electron chi connectivity index (χ2n) is 8.03. The van der Waals surface area contributed by atoms with Gasteiger partial charge in [0.15, 0.2) is 5.43 Å². The fourth-order valence-electron chi connectivity index (χ4n) is 4.56. The van der Waals surface area contributed by atoms with Crippen molar-refractivity contribution in [2.75, 3.05) is 46.0 Å². The van der Waals surface area contributed by atoms with Gasteiger partial charge in [0.05, 0.1) is 36.8 Å². The minimum absolute atomic E-state index is 0.141. The molecule has 2 aromatic carbocycles.